The van der Waals surface area contributed by atoms with Crippen molar-refractivity contribution in [2.75, 3.05) is 38.2 Å². The monoisotopic (exact) mass is 452 g/mol. The van der Waals surface area contributed by atoms with Gasteiger partial charge < -0.3 is 15.8 Å². The molecular formula is C19H25IN4O. The third-order valence-corrected chi connectivity index (χ3v) is 4.15. The molecule has 1 aliphatic rings. The van der Waals surface area contributed by atoms with Gasteiger partial charge in [-0.3, -0.25) is 9.89 Å². The minimum atomic E-state index is 0. The summed E-state index contributed by atoms with van der Waals surface area (Å²) >= 11 is 0. The molecule has 0 radical (unpaired) electrons. The van der Waals surface area contributed by atoms with Crippen molar-refractivity contribution in [2.45, 2.75) is 6.04 Å². The summed E-state index contributed by atoms with van der Waals surface area (Å²) < 4.78 is 5.48. The zero-order valence-electron chi connectivity index (χ0n) is 14.2. The Morgan fingerprint density at radius 3 is 2.28 bits per heavy atom. The predicted octanol–water partition coefficient (Wildman–Crippen LogP) is 3.10. The molecule has 1 atom stereocenters. The molecule has 0 aromatic heterocycles. The Hall–Kier alpha value is -1.64. The number of benzene rings is 2. The average molecular weight is 452 g/mol. The number of nitrogens with one attached hydrogen (secondary N) is 1. The molecule has 1 aliphatic heterocycles. The molecule has 1 heterocycles. The van der Waals surface area contributed by atoms with Crippen LogP contribution in [0.5, 0.6) is 0 Å². The number of hydrogen-bond donors (Lipinski definition) is 2. The summed E-state index contributed by atoms with van der Waals surface area (Å²) in [7, 11) is 0. The van der Waals surface area contributed by atoms with Gasteiger partial charge in [0.1, 0.15) is 0 Å². The molecular weight excluding hydrogens is 427 g/mol. The Balaban J connectivity index is 0.00000225. The van der Waals surface area contributed by atoms with Crippen LogP contribution in [0, 0.1) is 0 Å². The Labute approximate surface area is 166 Å². The number of hydrogen-bond acceptors (Lipinski definition) is 3. The van der Waals surface area contributed by atoms with Crippen molar-refractivity contribution in [3.8, 4) is 0 Å². The molecule has 134 valence electrons. The Kier molecular flexibility index (Phi) is 8.17. The highest BCUT2D eigenvalue weighted by Crippen LogP contribution is 2.22. The first-order valence-corrected chi connectivity index (χ1v) is 8.31. The van der Waals surface area contributed by atoms with E-state index in [0.29, 0.717) is 12.5 Å². The van der Waals surface area contributed by atoms with Crippen LogP contribution in [0.4, 0.5) is 5.69 Å². The maximum Gasteiger partial charge on any atom is 0.193 e. The number of rotatable bonds is 5. The summed E-state index contributed by atoms with van der Waals surface area (Å²) in [5.74, 6) is 0.440. The van der Waals surface area contributed by atoms with Crippen molar-refractivity contribution in [2.24, 2.45) is 10.7 Å². The van der Waals surface area contributed by atoms with Gasteiger partial charge >= 0.3 is 0 Å². The Bertz CT molecular complexity index is 645. The van der Waals surface area contributed by atoms with Crippen molar-refractivity contribution >= 4 is 35.6 Å². The van der Waals surface area contributed by atoms with Gasteiger partial charge in [-0.25, -0.2) is 0 Å². The fourth-order valence-corrected chi connectivity index (χ4v) is 2.89. The van der Waals surface area contributed by atoms with E-state index in [1.165, 1.54) is 5.56 Å². The van der Waals surface area contributed by atoms with Crippen molar-refractivity contribution in [3.63, 3.8) is 0 Å². The second-order valence-electron chi connectivity index (χ2n) is 5.79. The predicted molar refractivity (Wildman–Crippen MR) is 114 cm³/mol. The SMILES string of the molecule is I.NC(=NCC(c1ccccc1)N1CCOCC1)Nc1ccccc1. The molecule has 2 aromatic carbocycles. The largest absolute Gasteiger partial charge is 0.379 e. The number of ether oxygens (including phenoxy) is 1. The van der Waals surface area contributed by atoms with Crippen molar-refractivity contribution < 1.29 is 4.74 Å². The lowest BCUT2D eigenvalue weighted by molar-refractivity contribution is 0.0180. The highest BCUT2D eigenvalue weighted by molar-refractivity contribution is 14.0. The molecule has 0 aliphatic carbocycles. The van der Waals surface area contributed by atoms with Crippen LogP contribution < -0.4 is 11.1 Å². The van der Waals surface area contributed by atoms with Gasteiger partial charge in [0.25, 0.3) is 0 Å². The molecule has 0 spiro atoms. The first-order valence-electron chi connectivity index (χ1n) is 8.31. The lowest BCUT2D eigenvalue weighted by Gasteiger charge is -2.34. The summed E-state index contributed by atoms with van der Waals surface area (Å²) in [5, 5.41) is 3.14. The summed E-state index contributed by atoms with van der Waals surface area (Å²) in [4.78, 5) is 6.99. The molecule has 0 bridgehead atoms. The molecule has 1 fully saturated rings. The summed E-state index contributed by atoms with van der Waals surface area (Å²) in [5.41, 5.74) is 8.26. The van der Waals surface area contributed by atoms with E-state index in [1.54, 1.807) is 0 Å². The first-order chi connectivity index (χ1) is 11.8. The second-order valence-corrected chi connectivity index (χ2v) is 5.79. The normalized spacial score (nSPS) is 16.7. The number of para-hydroxylation sites is 1. The van der Waals surface area contributed by atoms with Gasteiger partial charge in [0.2, 0.25) is 0 Å². The maximum absolute atomic E-state index is 6.06. The topological polar surface area (TPSA) is 62.9 Å². The van der Waals surface area contributed by atoms with Gasteiger partial charge in [-0.05, 0) is 17.7 Å². The van der Waals surface area contributed by atoms with Gasteiger partial charge in [0, 0.05) is 18.8 Å². The summed E-state index contributed by atoms with van der Waals surface area (Å²) in [6, 6.07) is 20.5. The van der Waals surface area contributed by atoms with E-state index >= 15 is 0 Å². The van der Waals surface area contributed by atoms with Crippen LogP contribution in [0.3, 0.4) is 0 Å². The Morgan fingerprint density at radius 2 is 1.64 bits per heavy atom. The van der Waals surface area contributed by atoms with Crippen LogP contribution in [0.15, 0.2) is 65.7 Å². The molecule has 0 saturated carbocycles. The molecule has 3 N–H and O–H groups in total. The Morgan fingerprint density at radius 1 is 1.04 bits per heavy atom. The van der Waals surface area contributed by atoms with E-state index < -0.39 is 0 Å². The van der Waals surface area contributed by atoms with Gasteiger partial charge in [-0.1, -0.05) is 48.5 Å². The fraction of sp³-hybridized carbons (Fsp3) is 0.316. The van der Waals surface area contributed by atoms with Crippen LogP contribution in [0.25, 0.3) is 0 Å². The van der Waals surface area contributed by atoms with E-state index in [9.17, 15) is 0 Å². The van der Waals surface area contributed by atoms with E-state index in [0.717, 1.165) is 32.0 Å². The minimum absolute atomic E-state index is 0. The number of aliphatic imine (C=N–C) groups is 1. The highest BCUT2D eigenvalue weighted by atomic mass is 127. The van der Waals surface area contributed by atoms with Crippen LogP contribution in [0.2, 0.25) is 0 Å². The summed E-state index contributed by atoms with van der Waals surface area (Å²) in [6.07, 6.45) is 0. The standard InChI is InChI=1S/C19H24N4O.HI/c20-19(22-17-9-5-2-6-10-17)21-15-18(16-7-3-1-4-8-16)23-11-13-24-14-12-23;/h1-10,18H,11-15H2,(H3,20,21,22);1H. The van der Waals surface area contributed by atoms with Crippen LogP contribution >= 0.6 is 24.0 Å². The lowest BCUT2D eigenvalue weighted by atomic mass is 10.1. The van der Waals surface area contributed by atoms with Gasteiger partial charge in [-0.15, -0.1) is 24.0 Å². The zero-order chi connectivity index (χ0) is 16.6. The number of morpholine rings is 1. The number of anilines is 1. The number of halogens is 1. The molecule has 1 unspecified atom stereocenters. The lowest BCUT2D eigenvalue weighted by Crippen LogP contribution is -2.40. The first kappa shape index (κ1) is 19.7. The molecule has 1 saturated heterocycles. The fourth-order valence-electron chi connectivity index (χ4n) is 2.89. The van der Waals surface area contributed by atoms with E-state index in [1.807, 2.05) is 36.4 Å². The smallest absolute Gasteiger partial charge is 0.193 e. The van der Waals surface area contributed by atoms with Gasteiger partial charge in [0.05, 0.1) is 25.8 Å². The molecule has 25 heavy (non-hydrogen) atoms. The third kappa shape index (κ3) is 5.98. The average Bonchev–Trinajstić information content (AvgIpc) is 2.64. The van der Waals surface area contributed by atoms with Crippen molar-refractivity contribution in [3.05, 3.63) is 66.2 Å². The highest BCUT2D eigenvalue weighted by Gasteiger charge is 2.22. The number of nitrogens with two attached hydrogens (primary N) is 1. The molecule has 5 nitrogen and oxygen atoms in total. The van der Waals surface area contributed by atoms with E-state index in [4.69, 9.17) is 10.5 Å². The van der Waals surface area contributed by atoms with Crippen molar-refractivity contribution in [1.82, 2.24) is 4.90 Å². The van der Waals surface area contributed by atoms with Crippen LogP contribution in [-0.4, -0.2) is 43.7 Å². The van der Waals surface area contributed by atoms with Crippen LogP contribution in [0.1, 0.15) is 11.6 Å². The van der Waals surface area contributed by atoms with Gasteiger partial charge in [0.15, 0.2) is 5.96 Å². The maximum atomic E-state index is 6.06. The number of guanidine groups is 1. The quantitative estimate of drug-likeness (QED) is 0.416. The van der Waals surface area contributed by atoms with E-state index in [-0.39, 0.29) is 30.0 Å². The molecule has 3 rings (SSSR count). The zero-order valence-corrected chi connectivity index (χ0v) is 16.5. The van der Waals surface area contributed by atoms with E-state index in [2.05, 4.69) is 39.5 Å². The molecule has 6 heteroatoms. The molecule has 0 amide bonds. The van der Waals surface area contributed by atoms with Gasteiger partial charge in [-0.2, -0.15) is 0 Å². The third-order valence-electron chi connectivity index (χ3n) is 4.15. The summed E-state index contributed by atoms with van der Waals surface area (Å²) in [6.45, 7) is 3.99. The minimum Gasteiger partial charge on any atom is -0.379 e. The van der Waals surface area contributed by atoms with Crippen molar-refractivity contribution in [1.29, 1.82) is 0 Å². The number of nitrogens with zero attached hydrogens (tertiary/aromatic N) is 2. The second kappa shape index (κ2) is 10.4. The molecule has 2 aromatic rings. The van der Waals surface area contributed by atoms with Crippen LogP contribution in [-0.2, 0) is 4.74 Å².